The fourth-order valence-electron chi connectivity index (χ4n) is 2.61. The van der Waals surface area contributed by atoms with Crippen LogP contribution in [0.25, 0.3) is 0 Å². The second-order valence-electron chi connectivity index (χ2n) is 4.96. The lowest BCUT2D eigenvalue weighted by Crippen LogP contribution is -2.51. The minimum Gasteiger partial charge on any atom is -0.505 e. The maximum absolute atomic E-state index is 13.2. The topological polar surface area (TPSA) is 26.7 Å². The summed E-state index contributed by atoms with van der Waals surface area (Å²) in [6.45, 7) is 9.03. The number of aromatic hydroxyl groups is 1. The summed E-state index contributed by atoms with van der Waals surface area (Å²) in [5.41, 5.74) is 0.673. The average molecular weight is 252 g/mol. The third kappa shape index (κ3) is 2.82. The first kappa shape index (κ1) is 13.3. The summed E-state index contributed by atoms with van der Waals surface area (Å²) in [4.78, 5) is 4.70. The molecule has 3 nitrogen and oxygen atoms in total. The van der Waals surface area contributed by atoms with Crippen LogP contribution in [0, 0.1) is 5.82 Å². The molecule has 1 saturated heterocycles. The predicted molar refractivity (Wildman–Crippen MR) is 70.1 cm³/mol. The molecule has 1 aromatic rings. The molecule has 4 heteroatoms. The number of hydrogen-bond acceptors (Lipinski definition) is 3. The van der Waals surface area contributed by atoms with Crippen LogP contribution < -0.4 is 0 Å². The van der Waals surface area contributed by atoms with Crippen LogP contribution in [-0.2, 0) is 6.54 Å². The van der Waals surface area contributed by atoms with Gasteiger partial charge in [0, 0.05) is 37.8 Å². The monoisotopic (exact) mass is 252 g/mol. The molecular weight excluding hydrogens is 231 g/mol. The first-order valence-electron chi connectivity index (χ1n) is 6.54. The van der Waals surface area contributed by atoms with Gasteiger partial charge in [-0.15, -0.1) is 0 Å². The summed E-state index contributed by atoms with van der Waals surface area (Å²) < 4.78 is 13.2. The first-order chi connectivity index (χ1) is 8.61. The zero-order valence-corrected chi connectivity index (χ0v) is 11.1. The zero-order valence-electron chi connectivity index (χ0n) is 11.1. The lowest BCUT2D eigenvalue weighted by Gasteiger charge is -2.39. The molecule has 1 heterocycles. The summed E-state index contributed by atoms with van der Waals surface area (Å²) in [5, 5.41) is 9.68. The second-order valence-corrected chi connectivity index (χ2v) is 4.96. The van der Waals surface area contributed by atoms with Crippen LogP contribution in [0.2, 0.25) is 0 Å². The molecule has 1 N–H and O–H groups in total. The number of hydrogen-bond donors (Lipinski definition) is 1. The molecule has 0 amide bonds. The van der Waals surface area contributed by atoms with Gasteiger partial charge >= 0.3 is 0 Å². The Balaban J connectivity index is 2.00. The van der Waals surface area contributed by atoms with Crippen molar-refractivity contribution in [3.05, 3.63) is 29.6 Å². The molecule has 2 rings (SSSR count). The number of para-hydroxylation sites is 1. The molecule has 1 fully saturated rings. The number of phenols is 1. The zero-order chi connectivity index (χ0) is 13.1. The molecule has 1 atom stereocenters. The standard InChI is InChI=1S/C14H21FN2O/c1-3-17-8-7-16(9-11(17)2)10-12-5-4-6-13(15)14(12)18/h4-6,11,18H,3,7-10H2,1-2H3. The van der Waals surface area contributed by atoms with E-state index in [4.69, 9.17) is 0 Å². The highest BCUT2D eigenvalue weighted by atomic mass is 19.1. The number of rotatable bonds is 3. The SMILES string of the molecule is CCN1CCN(Cc2cccc(F)c2O)CC1C. The molecule has 1 aliphatic rings. The highest BCUT2D eigenvalue weighted by Crippen LogP contribution is 2.23. The summed E-state index contributed by atoms with van der Waals surface area (Å²) in [6.07, 6.45) is 0. The van der Waals surface area contributed by atoms with E-state index in [0.29, 0.717) is 18.2 Å². The maximum Gasteiger partial charge on any atom is 0.165 e. The highest BCUT2D eigenvalue weighted by Gasteiger charge is 2.23. The molecule has 18 heavy (non-hydrogen) atoms. The van der Waals surface area contributed by atoms with E-state index in [0.717, 1.165) is 26.2 Å². The van der Waals surface area contributed by atoms with Gasteiger partial charge in [0.1, 0.15) is 0 Å². The summed E-state index contributed by atoms with van der Waals surface area (Å²) in [6, 6.07) is 5.24. The minimum atomic E-state index is -0.534. The quantitative estimate of drug-likeness (QED) is 0.892. The minimum absolute atomic E-state index is 0.205. The third-order valence-corrected chi connectivity index (χ3v) is 3.72. The van der Waals surface area contributed by atoms with E-state index in [1.165, 1.54) is 6.07 Å². The molecule has 1 unspecified atom stereocenters. The summed E-state index contributed by atoms with van der Waals surface area (Å²) >= 11 is 0. The Labute approximate surface area is 108 Å². The van der Waals surface area contributed by atoms with Crippen molar-refractivity contribution in [2.24, 2.45) is 0 Å². The van der Waals surface area contributed by atoms with Crippen molar-refractivity contribution in [3.63, 3.8) is 0 Å². The van der Waals surface area contributed by atoms with Crippen LogP contribution >= 0.6 is 0 Å². The van der Waals surface area contributed by atoms with Crippen LogP contribution in [0.3, 0.4) is 0 Å². The largest absolute Gasteiger partial charge is 0.505 e. The molecule has 0 aromatic heterocycles. The van der Waals surface area contributed by atoms with Crippen LogP contribution in [0.5, 0.6) is 5.75 Å². The second kappa shape index (κ2) is 5.67. The molecule has 0 aliphatic carbocycles. The van der Waals surface area contributed by atoms with Gasteiger partial charge in [0.05, 0.1) is 0 Å². The molecule has 0 spiro atoms. The third-order valence-electron chi connectivity index (χ3n) is 3.72. The maximum atomic E-state index is 13.2. The first-order valence-corrected chi connectivity index (χ1v) is 6.54. The van der Waals surface area contributed by atoms with Crippen LogP contribution in [0.15, 0.2) is 18.2 Å². The molecular formula is C14H21FN2O. The van der Waals surface area contributed by atoms with Crippen LogP contribution in [0.4, 0.5) is 4.39 Å². The van der Waals surface area contributed by atoms with Gasteiger partial charge in [-0.3, -0.25) is 9.80 Å². The predicted octanol–water partition coefficient (Wildman–Crippen LogP) is 2.06. The number of likely N-dealkylation sites (N-methyl/N-ethyl adjacent to an activating group) is 1. The van der Waals surface area contributed by atoms with E-state index in [-0.39, 0.29) is 5.75 Å². The van der Waals surface area contributed by atoms with E-state index in [9.17, 15) is 9.50 Å². The lowest BCUT2D eigenvalue weighted by atomic mass is 10.1. The van der Waals surface area contributed by atoms with Crippen molar-refractivity contribution in [2.45, 2.75) is 26.4 Å². The van der Waals surface area contributed by atoms with E-state index in [1.54, 1.807) is 12.1 Å². The van der Waals surface area contributed by atoms with Gasteiger partial charge < -0.3 is 5.11 Å². The molecule has 0 radical (unpaired) electrons. The molecule has 1 aliphatic heterocycles. The van der Waals surface area contributed by atoms with Gasteiger partial charge in [0.15, 0.2) is 11.6 Å². The van der Waals surface area contributed by atoms with Gasteiger partial charge in [-0.05, 0) is 19.5 Å². The van der Waals surface area contributed by atoms with Crippen molar-refractivity contribution >= 4 is 0 Å². The van der Waals surface area contributed by atoms with E-state index in [2.05, 4.69) is 23.6 Å². The van der Waals surface area contributed by atoms with Crippen molar-refractivity contribution in [1.29, 1.82) is 0 Å². The Hall–Kier alpha value is -1.13. The van der Waals surface area contributed by atoms with E-state index in [1.807, 2.05) is 0 Å². The molecule has 0 saturated carbocycles. The summed E-state index contributed by atoms with van der Waals surface area (Å²) in [5.74, 6) is -0.740. The van der Waals surface area contributed by atoms with Crippen molar-refractivity contribution in [3.8, 4) is 5.75 Å². The van der Waals surface area contributed by atoms with E-state index < -0.39 is 5.82 Å². The van der Waals surface area contributed by atoms with Crippen LogP contribution in [-0.4, -0.2) is 47.1 Å². The lowest BCUT2D eigenvalue weighted by molar-refractivity contribution is 0.0828. The Morgan fingerprint density at radius 1 is 1.39 bits per heavy atom. The van der Waals surface area contributed by atoms with Gasteiger partial charge in [0.25, 0.3) is 0 Å². The Bertz CT molecular complexity index is 411. The number of piperazine rings is 1. The number of benzene rings is 1. The Kier molecular flexibility index (Phi) is 4.19. The van der Waals surface area contributed by atoms with Gasteiger partial charge in [-0.2, -0.15) is 0 Å². The Morgan fingerprint density at radius 3 is 2.83 bits per heavy atom. The molecule has 0 bridgehead atoms. The van der Waals surface area contributed by atoms with E-state index >= 15 is 0 Å². The number of nitrogens with zero attached hydrogens (tertiary/aromatic N) is 2. The molecule has 1 aromatic carbocycles. The highest BCUT2D eigenvalue weighted by molar-refractivity contribution is 5.33. The van der Waals surface area contributed by atoms with Gasteiger partial charge in [-0.25, -0.2) is 4.39 Å². The summed E-state index contributed by atoms with van der Waals surface area (Å²) in [7, 11) is 0. The normalized spacial score (nSPS) is 22.3. The number of halogens is 1. The Morgan fingerprint density at radius 2 is 2.17 bits per heavy atom. The van der Waals surface area contributed by atoms with Gasteiger partial charge in [0.2, 0.25) is 0 Å². The fraction of sp³-hybridized carbons (Fsp3) is 0.571. The average Bonchev–Trinajstić information content (AvgIpc) is 2.35. The molecule has 100 valence electrons. The van der Waals surface area contributed by atoms with Crippen molar-refractivity contribution in [2.75, 3.05) is 26.2 Å². The fourth-order valence-corrected chi connectivity index (χ4v) is 2.61. The van der Waals surface area contributed by atoms with Crippen molar-refractivity contribution in [1.82, 2.24) is 9.80 Å². The van der Waals surface area contributed by atoms with Crippen LogP contribution in [0.1, 0.15) is 19.4 Å². The van der Waals surface area contributed by atoms with Crippen molar-refractivity contribution < 1.29 is 9.50 Å². The van der Waals surface area contributed by atoms with Gasteiger partial charge in [-0.1, -0.05) is 19.1 Å². The smallest absolute Gasteiger partial charge is 0.165 e. The number of phenolic OH excluding ortho intramolecular Hbond substituents is 1.